The van der Waals surface area contributed by atoms with Crippen molar-refractivity contribution in [1.82, 2.24) is 14.5 Å². The molecule has 784 valence electrons. The lowest BCUT2D eigenvalue weighted by molar-refractivity contribution is -0.438. The van der Waals surface area contributed by atoms with E-state index in [1.165, 1.54) is 45.0 Å². The van der Waals surface area contributed by atoms with E-state index in [4.69, 9.17) is 44.3 Å². The van der Waals surface area contributed by atoms with Gasteiger partial charge in [0.2, 0.25) is 22.3 Å². The second-order valence-corrected chi connectivity index (χ2v) is 51.5. The summed E-state index contributed by atoms with van der Waals surface area (Å²) in [6.45, 7) is 57.0. The molecule has 0 aliphatic carbocycles. The highest BCUT2D eigenvalue weighted by Crippen LogP contribution is 2.54. The third-order valence-electron chi connectivity index (χ3n) is 30.2. The van der Waals surface area contributed by atoms with Gasteiger partial charge >= 0.3 is 0 Å². The number of ether oxygens (including phenoxy) is 2. The number of anilines is 3. The molecule has 27 heteroatoms. The molecule has 3 N–H and O–H groups in total. The molecule has 0 radical (unpaired) electrons. The number of aryl methyl sites for hydroxylation is 2. The van der Waals surface area contributed by atoms with Crippen molar-refractivity contribution in [2.24, 2.45) is 16.2 Å². The number of thioether (sulfide) groups is 1. The van der Waals surface area contributed by atoms with Crippen LogP contribution >= 0.6 is 46.6 Å². The van der Waals surface area contributed by atoms with Crippen molar-refractivity contribution >= 4 is 165 Å². The van der Waals surface area contributed by atoms with Crippen LogP contribution in [-0.2, 0) is 50.2 Å². The fourth-order valence-corrected chi connectivity index (χ4v) is 23.7. The van der Waals surface area contributed by atoms with Crippen molar-refractivity contribution in [3.63, 3.8) is 0 Å². The number of ketones is 3. The number of carbonyl (C=O) groups is 6. The molecular weight excluding hydrogens is 1980 g/mol. The standard InChI is InChI=1S/C42H44Cl3N3O7S2.C39H53N2O.C34H34N2O5S.C6H12O/c1-21-15-41(5,6)47(9)28-13-30-25(11-23(21)28)34(26-12-24-22(20-57(52,53)54)16-42(7,8)48(10)29(24)14-31(26)55-30)35-27(18-49)36(43)38(45)39(37(35)44)56-19-33(51)46-17-32(50)40(2,3)4;1-11-40-32-23-21-28(2)26-30(32)38(7,8)34(40)18-14-12-15-19-35-39(9,10)31-27-29(3)22-24-33(31)41(35)25-17-13-16-20-36(42)37(4,5)6;1-20-16-33(2,3)35(6)28-14-30-26(12-24(20)28)32(23-11-9-8-10-21(23)18-37)27-13-25-22(19-42(38,39)40)17-34(4,5)36(7)29(25)15-31(27)41-30;1-5(7)6(2,3)4/h11-16,18H,17,19-20H2,1-10H3,(H-,46,51,52,53,54);12,14-15,18-19,21-24,26-27H,11,13,16-17,20,25H2,1-10H3;8-18H,19H2,1-7H3;1-4H3/q;+1;;/p+2. The van der Waals surface area contributed by atoms with Gasteiger partial charge in [-0.2, -0.15) is 21.4 Å². The number of aldehydes is 2. The summed E-state index contributed by atoms with van der Waals surface area (Å²) in [6.07, 6.45) is 24.5. The number of fused-ring (bicyclic) bond motifs is 10. The number of unbranched alkanes of at least 4 members (excludes halogenated alkanes) is 2. The van der Waals surface area contributed by atoms with E-state index in [1.807, 2.05) is 156 Å². The molecule has 0 unspecified atom stereocenters. The highest BCUT2D eigenvalue weighted by Gasteiger charge is 2.47. The Bertz CT molecular complexity index is 7710. The van der Waals surface area contributed by atoms with E-state index in [-0.39, 0.29) is 87.7 Å². The van der Waals surface area contributed by atoms with Crippen LogP contribution in [0.5, 0.6) is 23.0 Å². The molecule has 8 aromatic rings. The summed E-state index contributed by atoms with van der Waals surface area (Å²) in [6, 6.07) is 36.8. The van der Waals surface area contributed by atoms with Crippen LogP contribution in [0.1, 0.15) is 286 Å². The Kier molecular flexibility index (Phi) is 32.5. The Morgan fingerprint density at radius 3 is 1.50 bits per heavy atom. The maximum atomic E-state index is 13.1. The van der Waals surface area contributed by atoms with E-state index in [9.17, 15) is 54.7 Å². The van der Waals surface area contributed by atoms with Gasteiger partial charge in [0.25, 0.3) is 20.2 Å². The number of likely N-dealkylation sites (N-methyl/N-ethyl adjacent to an activating group) is 5. The molecule has 0 saturated heterocycles. The molecule has 0 aromatic heterocycles. The molecule has 8 aliphatic heterocycles. The zero-order chi connectivity index (χ0) is 110. The van der Waals surface area contributed by atoms with Crippen molar-refractivity contribution in [1.29, 1.82) is 0 Å². The molecule has 16 rings (SSSR count). The number of halogens is 3. The lowest BCUT2D eigenvalue weighted by atomic mass is 9.81. The van der Waals surface area contributed by atoms with Gasteiger partial charge in [-0.15, -0.1) is 11.8 Å². The number of rotatable bonds is 23. The van der Waals surface area contributed by atoms with Crippen molar-refractivity contribution in [3.05, 3.63) is 284 Å². The van der Waals surface area contributed by atoms with Crippen molar-refractivity contribution < 1.29 is 68.8 Å². The molecule has 0 bridgehead atoms. The van der Waals surface area contributed by atoms with Gasteiger partial charge in [-0.1, -0.05) is 195 Å². The van der Waals surface area contributed by atoms with Crippen LogP contribution in [0.2, 0.25) is 15.1 Å². The summed E-state index contributed by atoms with van der Waals surface area (Å²) in [5.41, 5.74) is 20.5. The van der Waals surface area contributed by atoms with Gasteiger partial charge in [0.05, 0.1) is 67.1 Å². The van der Waals surface area contributed by atoms with Gasteiger partial charge in [-0.25, -0.2) is 9.15 Å². The van der Waals surface area contributed by atoms with Crippen LogP contribution < -0.4 is 59.8 Å². The first-order chi connectivity index (χ1) is 68.5. The first kappa shape index (κ1) is 114. The molecule has 21 nitrogen and oxygen atoms in total. The summed E-state index contributed by atoms with van der Waals surface area (Å²) in [7, 11) is -0.825. The summed E-state index contributed by atoms with van der Waals surface area (Å²) in [4.78, 5) is 80.8. The molecule has 8 aromatic carbocycles. The average molecular weight is 2120 g/mol. The lowest BCUT2D eigenvalue weighted by Crippen LogP contribution is -2.47. The van der Waals surface area contributed by atoms with Crippen LogP contribution in [0.15, 0.2) is 174 Å². The Morgan fingerprint density at radius 2 is 1.01 bits per heavy atom. The Labute approximate surface area is 894 Å². The predicted molar refractivity (Wildman–Crippen MR) is 609 cm³/mol. The number of allylic oxidation sites excluding steroid dienone is 8. The lowest BCUT2D eigenvalue weighted by Gasteiger charge is -2.41. The van der Waals surface area contributed by atoms with Crippen LogP contribution in [0, 0.1) is 30.1 Å². The largest absolute Gasteiger partial charge is 0.456 e. The minimum absolute atomic E-state index is 0.00190. The summed E-state index contributed by atoms with van der Waals surface area (Å²) >= 11 is 22.1. The molecule has 8 heterocycles. The highest BCUT2D eigenvalue weighted by atomic mass is 35.5. The van der Waals surface area contributed by atoms with Gasteiger partial charge < -0.3 is 29.5 Å². The summed E-state index contributed by atoms with van der Waals surface area (Å²) in [5, 5.41) is 5.27. The third-order valence-corrected chi connectivity index (χ3v) is 34.1. The number of hydrogen-bond donors (Lipinski definition) is 3. The van der Waals surface area contributed by atoms with E-state index in [0.717, 1.165) is 111 Å². The zero-order valence-electron chi connectivity index (χ0n) is 91.6. The smallest absolute Gasteiger partial charge is 0.269 e. The zero-order valence-corrected chi connectivity index (χ0v) is 96.4. The van der Waals surface area contributed by atoms with E-state index in [0.29, 0.717) is 91.0 Å². The number of nitrogens with zero attached hydrogens (tertiary/aromatic N) is 6. The Hall–Kier alpha value is -11.2. The molecule has 148 heavy (non-hydrogen) atoms. The number of Topliss-reactive ketones (excluding diaryl/α,β-unsaturated/α-hetero) is 3. The minimum Gasteiger partial charge on any atom is -0.456 e. The van der Waals surface area contributed by atoms with Crippen LogP contribution in [0.25, 0.3) is 33.4 Å². The van der Waals surface area contributed by atoms with Gasteiger partial charge in [-0.3, -0.25) is 37.9 Å². The van der Waals surface area contributed by atoms with Crippen LogP contribution in [0.4, 0.5) is 22.7 Å². The van der Waals surface area contributed by atoms with Crippen LogP contribution in [-0.4, -0.2) is 159 Å². The third kappa shape index (κ3) is 23.3. The molecule has 0 saturated carbocycles. The molecular formula is C121H145Cl3N7O14S3+3. The maximum absolute atomic E-state index is 13.1. The van der Waals surface area contributed by atoms with E-state index in [2.05, 4.69) is 210 Å². The number of nitrogens with one attached hydrogen (secondary N) is 1. The van der Waals surface area contributed by atoms with Crippen molar-refractivity contribution in [3.8, 4) is 23.0 Å². The second kappa shape index (κ2) is 42.2. The Balaban J connectivity index is 0.000000182. The van der Waals surface area contributed by atoms with Gasteiger partial charge in [0, 0.05) is 201 Å². The molecule has 0 spiro atoms. The monoisotopic (exact) mass is 2120 g/mol. The molecule has 1 amide bonds. The number of amides is 1. The fraction of sp³-hybridized carbons (Fsp3) is 0.413. The van der Waals surface area contributed by atoms with Crippen molar-refractivity contribution in [2.75, 3.05) is 79.8 Å². The van der Waals surface area contributed by atoms with Gasteiger partial charge in [0.15, 0.2) is 35.1 Å². The normalized spacial score (nSPS) is 17.4. The van der Waals surface area contributed by atoms with E-state index < -0.39 is 54.1 Å². The van der Waals surface area contributed by atoms with Crippen molar-refractivity contribution in [2.45, 2.75) is 251 Å². The van der Waals surface area contributed by atoms with E-state index >= 15 is 0 Å². The summed E-state index contributed by atoms with van der Waals surface area (Å²) < 4.78 is 88.8. The number of benzene rings is 8. The van der Waals surface area contributed by atoms with Gasteiger partial charge in [-0.05, 0) is 184 Å². The minimum atomic E-state index is -4.45. The molecule has 0 fully saturated rings. The number of carbonyl (C=O) groups excluding carboxylic acids is 6. The Morgan fingerprint density at radius 1 is 0.520 bits per heavy atom. The SMILES string of the molecule is CC(=O)C(C)(C)C.CC1=CC(C)(C)N(C)c2cc3c(cc21)C(c1c(Cl)c(SCC(=O)NCC(=O)C(C)(C)C)c(Cl)c(Cl)c1C=O)=c1cc2c(cc1O3)=[N+](C)C(C)(C)C=C2CS(=O)(=O)O.CC1=CC(C)(C)N(C)c2cc3c(cc21)C(c1ccccc1C=O)=c1cc2c(cc1O3)=[N+](C)C(C)(C)C=C2CS(=O)(=O)O.CCN1C(=CC=CC=CC2=[N+](CCCCCC(=O)C(C)(C)C)c3ccc(C)cc3C2(C)C)C(C)(C)c2cc(C)ccc21. The van der Waals surface area contributed by atoms with Gasteiger partial charge in [0.1, 0.15) is 66.7 Å². The quantitative estimate of drug-likeness (QED) is 0.0102. The fourth-order valence-electron chi connectivity index (χ4n) is 20.4. The first-order valence-corrected chi connectivity index (χ1v) is 55.8. The number of hydrogen-bond acceptors (Lipinski definition) is 16. The average Bonchev–Trinajstić information content (AvgIpc) is 1.55. The molecule has 8 aliphatic rings. The summed E-state index contributed by atoms with van der Waals surface area (Å²) in [5.74, 6) is 0.873. The maximum Gasteiger partial charge on any atom is 0.269 e. The topological polar surface area (TPSA) is 260 Å². The van der Waals surface area contributed by atoms with Crippen LogP contribution in [0.3, 0.4) is 0 Å². The molecule has 0 atom stereocenters. The predicted octanol–water partition coefficient (Wildman–Crippen LogP) is 23.4. The van der Waals surface area contributed by atoms with E-state index in [1.54, 1.807) is 45.9 Å². The second-order valence-electron chi connectivity index (χ2n) is 46.5. The first-order valence-electron chi connectivity index (χ1n) is 50.4. The highest BCUT2D eigenvalue weighted by molar-refractivity contribution is 8.00.